The Morgan fingerprint density at radius 2 is 1.73 bits per heavy atom. The van der Waals surface area contributed by atoms with Crippen LogP contribution in [0.2, 0.25) is 0 Å². The maximum absolute atomic E-state index is 14.0. The van der Waals surface area contributed by atoms with Crippen molar-refractivity contribution in [2.45, 2.75) is 25.5 Å². The minimum Gasteiger partial charge on any atom is -0.455 e. The molecule has 0 bridgehead atoms. The van der Waals surface area contributed by atoms with Gasteiger partial charge in [-0.2, -0.15) is 3.89 Å². The number of hydrogen-bond donors (Lipinski definition) is 0. The fourth-order valence-corrected chi connectivity index (χ4v) is 4.32. The van der Waals surface area contributed by atoms with Crippen LogP contribution in [0.25, 0.3) is 39.0 Å². The van der Waals surface area contributed by atoms with Crippen molar-refractivity contribution in [3.05, 3.63) is 84.2 Å². The van der Waals surface area contributed by atoms with Gasteiger partial charge < -0.3 is 4.42 Å². The Bertz CT molecular complexity index is 1380. The standard InChI is InChI=1S/C25H21FN2OS/c1-16-8-4-6-10-20(16)28-15-14-27-24(28)22-19(25(2,3)30-26)13-12-18-17-9-5-7-11-21(17)29-23(18)22/h4-15H,1-3H3. The summed E-state index contributed by atoms with van der Waals surface area (Å²) >= 11 is 0.333. The second-order valence-electron chi connectivity index (χ2n) is 7.96. The van der Waals surface area contributed by atoms with E-state index in [0.717, 1.165) is 50.1 Å². The number of hydrogen-bond acceptors (Lipinski definition) is 3. The van der Waals surface area contributed by atoms with E-state index in [1.165, 1.54) is 0 Å². The highest BCUT2D eigenvalue weighted by Crippen LogP contribution is 2.46. The van der Waals surface area contributed by atoms with E-state index in [2.05, 4.69) is 23.6 Å². The van der Waals surface area contributed by atoms with E-state index in [0.29, 0.717) is 12.1 Å². The van der Waals surface area contributed by atoms with Gasteiger partial charge in [0.1, 0.15) is 17.0 Å². The van der Waals surface area contributed by atoms with Crippen LogP contribution in [0.5, 0.6) is 0 Å². The number of aryl methyl sites for hydroxylation is 1. The summed E-state index contributed by atoms with van der Waals surface area (Å²) in [6.45, 7) is 5.83. The fraction of sp³-hybridized carbons (Fsp3) is 0.160. The molecule has 2 heterocycles. The number of fused-ring (bicyclic) bond motifs is 3. The zero-order chi connectivity index (χ0) is 20.9. The summed E-state index contributed by atoms with van der Waals surface area (Å²) in [6.07, 6.45) is 3.72. The Balaban J connectivity index is 1.90. The highest BCUT2D eigenvalue weighted by Gasteiger charge is 2.30. The van der Waals surface area contributed by atoms with Crippen LogP contribution in [-0.2, 0) is 4.75 Å². The lowest BCUT2D eigenvalue weighted by Gasteiger charge is -2.23. The largest absolute Gasteiger partial charge is 0.455 e. The lowest BCUT2D eigenvalue weighted by molar-refractivity contribution is 0.665. The molecular formula is C25H21FN2OS. The molecule has 0 amide bonds. The summed E-state index contributed by atoms with van der Waals surface area (Å²) in [5.74, 6) is 0.742. The van der Waals surface area contributed by atoms with E-state index in [1.54, 1.807) is 6.20 Å². The van der Waals surface area contributed by atoms with E-state index in [-0.39, 0.29) is 0 Å². The Labute approximate surface area is 178 Å². The molecule has 30 heavy (non-hydrogen) atoms. The summed E-state index contributed by atoms with van der Waals surface area (Å²) in [6, 6.07) is 20.2. The van der Waals surface area contributed by atoms with Gasteiger partial charge in [-0.05, 0) is 44.0 Å². The molecule has 0 saturated carbocycles. The van der Waals surface area contributed by atoms with Gasteiger partial charge in [-0.1, -0.05) is 48.5 Å². The van der Waals surface area contributed by atoms with Gasteiger partial charge in [-0.15, -0.1) is 0 Å². The van der Waals surface area contributed by atoms with E-state index < -0.39 is 4.75 Å². The topological polar surface area (TPSA) is 31.0 Å². The van der Waals surface area contributed by atoms with Crippen LogP contribution >= 0.6 is 12.1 Å². The lowest BCUT2D eigenvalue weighted by atomic mass is 9.93. The highest BCUT2D eigenvalue weighted by molar-refractivity contribution is 7.95. The van der Waals surface area contributed by atoms with Gasteiger partial charge in [0.05, 0.1) is 22.5 Å². The van der Waals surface area contributed by atoms with Crippen molar-refractivity contribution in [2.24, 2.45) is 0 Å². The quantitative estimate of drug-likeness (QED) is 0.302. The van der Waals surface area contributed by atoms with Crippen LogP contribution in [0.3, 0.4) is 0 Å². The Morgan fingerprint density at radius 1 is 0.967 bits per heavy atom. The molecule has 0 aliphatic heterocycles. The third-order valence-electron chi connectivity index (χ3n) is 5.63. The molecule has 0 spiro atoms. The molecule has 5 aromatic rings. The lowest BCUT2D eigenvalue weighted by Crippen LogP contribution is -2.13. The molecule has 0 N–H and O–H groups in total. The number of nitrogens with zero attached hydrogens (tertiary/aromatic N) is 2. The van der Waals surface area contributed by atoms with Crippen LogP contribution in [0.15, 0.2) is 77.5 Å². The SMILES string of the molecule is Cc1ccccc1-n1ccnc1-c1c(C(C)(C)SF)ccc2c1oc1ccccc12. The van der Waals surface area contributed by atoms with Gasteiger partial charge in [-0.25, -0.2) is 4.98 Å². The minimum absolute atomic E-state index is 0.333. The molecule has 0 atom stereocenters. The number of halogens is 1. The molecule has 3 nitrogen and oxygen atoms in total. The molecular weight excluding hydrogens is 395 g/mol. The molecule has 0 aliphatic carbocycles. The third-order valence-corrected chi connectivity index (χ3v) is 6.23. The number of benzene rings is 3. The van der Waals surface area contributed by atoms with Crippen LogP contribution in [0.1, 0.15) is 25.0 Å². The number of imidazole rings is 1. The molecule has 3 aromatic carbocycles. The molecule has 0 aliphatic rings. The summed E-state index contributed by atoms with van der Waals surface area (Å²) < 4.78 is 21.6. The van der Waals surface area contributed by atoms with Crippen molar-refractivity contribution >= 4 is 34.1 Å². The van der Waals surface area contributed by atoms with Gasteiger partial charge in [0.2, 0.25) is 0 Å². The van der Waals surface area contributed by atoms with Crippen LogP contribution in [0, 0.1) is 6.92 Å². The normalized spacial score (nSPS) is 12.1. The minimum atomic E-state index is -0.759. The first kappa shape index (κ1) is 18.9. The summed E-state index contributed by atoms with van der Waals surface area (Å²) in [7, 11) is 0. The first-order valence-corrected chi connectivity index (χ1v) is 10.6. The van der Waals surface area contributed by atoms with Gasteiger partial charge in [-0.3, -0.25) is 4.57 Å². The summed E-state index contributed by atoms with van der Waals surface area (Å²) in [4.78, 5) is 4.70. The Morgan fingerprint density at radius 3 is 2.53 bits per heavy atom. The van der Waals surface area contributed by atoms with Crippen molar-refractivity contribution < 1.29 is 8.30 Å². The number of furan rings is 1. The first-order chi connectivity index (χ1) is 14.5. The maximum Gasteiger partial charge on any atom is 0.148 e. The van der Waals surface area contributed by atoms with E-state index in [9.17, 15) is 3.89 Å². The number of aromatic nitrogens is 2. The van der Waals surface area contributed by atoms with Crippen molar-refractivity contribution in [3.8, 4) is 17.1 Å². The zero-order valence-corrected chi connectivity index (χ0v) is 17.8. The molecule has 0 unspecified atom stereocenters. The molecule has 2 aromatic heterocycles. The van der Waals surface area contributed by atoms with Gasteiger partial charge in [0.15, 0.2) is 0 Å². The third kappa shape index (κ3) is 2.84. The van der Waals surface area contributed by atoms with Crippen molar-refractivity contribution in [1.82, 2.24) is 9.55 Å². The number of para-hydroxylation sites is 2. The predicted molar refractivity (Wildman–Crippen MR) is 123 cm³/mol. The maximum atomic E-state index is 14.0. The van der Waals surface area contributed by atoms with Gasteiger partial charge in [0.25, 0.3) is 0 Å². The highest BCUT2D eigenvalue weighted by atomic mass is 32.2. The number of rotatable bonds is 4. The second kappa shape index (κ2) is 7.03. The molecule has 150 valence electrons. The molecule has 0 radical (unpaired) electrons. The first-order valence-electron chi connectivity index (χ1n) is 9.85. The van der Waals surface area contributed by atoms with Gasteiger partial charge in [0, 0.05) is 28.9 Å². The second-order valence-corrected chi connectivity index (χ2v) is 9.13. The summed E-state index contributed by atoms with van der Waals surface area (Å²) in [5.41, 5.74) is 5.39. The molecule has 0 saturated heterocycles. The average Bonchev–Trinajstić information content (AvgIpc) is 3.38. The monoisotopic (exact) mass is 416 g/mol. The Kier molecular flexibility index (Phi) is 4.44. The Hall–Kier alpha value is -3.05. The molecule has 5 heteroatoms. The van der Waals surface area contributed by atoms with Crippen molar-refractivity contribution in [3.63, 3.8) is 0 Å². The van der Waals surface area contributed by atoms with Crippen LogP contribution in [0.4, 0.5) is 3.89 Å². The van der Waals surface area contributed by atoms with Crippen molar-refractivity contribution in [1.29, 1.82) is 0 Å². The van der Waals surface area contributed by atoms with E-state index in [1.807, 2.05) is 68.6 Å². The van der Waals surface area contributed by atoms with E-state index >= 15 is 0 Å². The van der Waals surface area contributed by atoms with Crippen LogP contribution < -0.4 is 0 Å². The van der Waals surface area contributed by atoms with E-state index in [4.69, 9.17) is 9.40 Å². The van der Waals surface area contributed by atoms with Gasteiger partial charge >= 0.3 is 0 Å². The van der Waals surface area contributed by atoms with Crippen LogP contribution in [-0.4, -0.2) is 9.55 Å². The zero-order valence-electron chi connectivity index (χ0n) is 17.0. The summed E-state index contributed by atoms with van der Waals surface area (Å²) in [5, 5.41) is 2.04. The van der Waals surface area contributed by atoms with Crippen molar-refractivity contribution in [2.75, 3.05) is 0 Å². The molecule has 5 rings (SSSR count). The molecule has 0 fully saturated rings. The average molecular weight is 417 g/mol. The predicted octanol–water partition coefficient (Wildman–Crippen LogP) is 7.60. The fourth-order valence-electron chi connectivity index (χ4n) is 4.07. The smallest absolute Gasteiger partial charge is 0.148 e.